The van der Waals surface area contributed by atoms with Gasteiger partial charge in [0.1, 0.15) is 5.82 Å². The molecular weight excluding hydrogens is 367 g/mol. The number of aromatic nitrogens is 3. The lowest BCUT2D eigenvalue weighted by molar-refractivity contribution is 0.0792. The molecule has 0 N–H and O–H groups in total. The van der Waals surface area contributed by atoms with Crippen molar-refractivity contribution in [2.75, 3.05) is 13.1 Å². The summed E-state index contributed by atoms with van der Waals surface area (Å²) in [6.45, 7) is 1.64. The first-order valence-electron chi connectivity index (χ1n) is 8.66. The van der Waals surface area contributed by atoms with Crippen LogP contribution in [0.5, 0.6) is 0 Å². The molecule has 1 amide bonds. The van der Waals surface area contributed by atoms with Crippen LogP contribution in [0.3, 0.4) is 0 Å². The zero-order valence-electron chi connectivity index (χ0n) is 14.5. The largest absolute Gasteiger partial charge is 0.339 e. The Labute approximate surface area is 159 Å². The Morgan fingerprint density at radius 2 is 1.93 bits per heavy atom. The predicted molar refractivity (Wildman–Crippen MR) is 98.6 cm³/mol. The van der Waals surface area contributed by atoms with E-state index in [1.807, 2.05) is 11.0 Å². The highest BCUT2D eigenvalue weighted by Crippen LogP contribution is 2.23. The zero-order chi connectivity index (χ0) is 18.6. The molecule has 0 aliphatic carbocycles. The van der Waals surface area contributed by atoms with E-state index in [2.05, 4.69) is 15.1 Å². The van der Waals surface area contributed by atoms with Gasteiger partial charge < -0.3 is 9.42 Å². The number of pyridine rings is 1. The highest BCUT2D eigenvalue weighted by molar-refractivity contribution is 7.98. The molecule has 2 aromatic heterocycles. The van der Waals surface area contributed by atoms with E-state index in [0.29, 0.717) is 28.6 Å². The molecule has 6 nitrogen and oxygen atoms in total. The van der Waals surface area contributed by atoms with Crippen LogP contribution in [-0.4, -0.2) is 39.0 Å². The fourth-order valence-electron chi connectivity index (χ4n) is 2.86. The van der Waals surface area contributed by atoms with Gasteiger partial charge in [0, 0.05) is 24.8 Å². The van der Waals surface area contributed by atoms with E-state index in [4.69, 9.17) is 4.52 Å². The van der Waals surface area contributed by atoms with E-state index in [1.165, 1.54) is 23.9 Å². The molecule has 0 bridgehead atoms. The Balaban J connectivity index is 1.36. The number of hydrogen-bond donors (Lipinski definition) is 0. The Hall–Kier alpha value is -2.74. The average molecular weight is 384 g/mol. The molecule has 0 radical (unpaired) electrons. The third kappa shape index (κ3) is 4.16. The second kappa shape index (κ2) is 7.87. The van der Waals surface area contributed by atoms with Gasteiger partial charge in [0.05, 0.1) is 16.3 Å². The molecule has 138 valence electrons. The molecule has 0 atom stereocenters. The minimum atomic E-state index is -0.309. The van der Waals surface area contributed by atoms with Gasteiger partial charge in [-0.1, -0.05) is 16.9 Å². The highest BCUT2D eigenvalue weighted by atomic mass is 32.2. The van der Waals surface area contributed by atoms with Crippen LogP contribution in [0.15, 0.2) is 52.1 Å². The summed E-state index contributed by atoms with van der Waals surface area (Å²) in [5, 5.41) is 4.69. The van der Waals surface area contributed by atoms with Crippen molar-refractivity contribution in [3.05, 3.63) is 59.9 Å². The van der Waals surface area contributed by atoms with Crippen molar-refractivity contribution in [2.45, 2.75) is 23.6 Å². The lowest BCUT2D eigenvalue weighted by atomic mass is 10.2. The third-order valence-corrected chi connectivity index (χ3v) is 5.22. The van der Waals surface area contributed by atoms with Crippen molar-refractivity contribution in [1.29, 1.82) is 0 Å². The lowest BCUT2D eigenvalue weighted by Crippen LogP contribution is -2.27. The van der Waals surface area contributed by atoms with Gasteiger partial charge in [-0.05, 0) is 49.2 Å². The second-order valence-corrected chi connectivity index (χ2v) is 7.19. The minimum Gasteiger partial charge on any atom is -0.339 e. The van der Waals surface area contributed by atoms with Gasteiger partial charge >= 0.3 is 0 Å². The monoisotopic (exact) mass is 384 g/mol. The Morgan fingerprint density at radius 3 is 2.63 bits per heavy atom. The summed E-state index contributed by atoms with van der Waals surface area (Å²) < 4.78 is 18.2. The number of halogens is 1. The molecule has 4 rings (SSSR count). The highest BCUT2D eigenvalue weighted by Gasteiger charge is 2.19. The molecule has 0 unspecified atom stereocenters. The van der Waals surface area contributed by atoms with Crippen LogP contribution in [0.25, 0.3) is 11.4 Å². The van der Waals surface area contributed by atoms with Crippen molar-refractivity contribution >= 4 is 17.7 Å². The summed E-state index contributed by atoms with van der Waals surface area (Å²) in [6.07, 6.45) is 3.75. The zero-order valence-corrected chi connectivity index (χ0v) is 15.3. The Morgan fingerprint density at radius 1 is 1.15 bits per heavy atom. The van der Waals surface area contributed by atoms with Gasteiger partial charge in [0.2, 0.25) is 11.7 Å². The maximum atomic E-state index is 13.0. The van der Waals surface area contributed by atoms with E-state index < -0.39 is 0 Å². The number of carbonyl (C=O) groups excluding carboxylic acids is 1. The van der Waals surface area contributed by atoms with Crippen molar-refractivity contribution in [1.82, 2.24) is 20.0 Å². The van der Waals surface area contributed by atoms with E-state index in [1.54, 1.807) is 24.4 Å². The molecule has 8 heteroatoms. The predicted octanol–water partition coefficient (Wildman–Crippen LogP) is 3.80. The number of thioether (sulfide) groups is 1. The summed E-state index contributed by atoms with van der Waals surface area (Å²) in [4.78, 5) is 22.8. The first-order valence-corrected chi connectivity index (χ1v) is 9.64. The van der Waals surface area contributed by atoms with Gasteiger partial charge in [-0.3, -0.25) is 4.79 Å². The smallest absolute Gasteiger partial charge is 0.255 e. The third-order valence-electron chi connectivity index (χ3n) is 4.29. The summed E-state index contributed by atoms with van der Waals surface area (Å²) in [6, 6.07) is 9.55. The molecule has 3 aromatic rings. The van der Waals surface area contributed by atoms with Crippen LogP contribution in [0.1, 0.15) is 29.1 Å². The normalized spacial score (nSPS) is 13.9. The summed E-state index contributed by atoms with van der Waals surface area (Å²) in [5.41, 5.74) is 1.30. The number of carbonyl (C=O) groups is 1. The second-order valence-electron chi connectivity index (χ2n) is 6.19. The maximum absolute atomic E-state index is 13.0. The van der Waals surface area contributed by atoms with Crippen LogP contribution in [-0.2, 0) is 5.75 Å². The topological polar surface area (TPSA) is 72.1 Å². The first-order chi connectivity index (χ1) is 13.2. The summed E-state index contributed by atoms with van der Waals surface area (Å²) in [5.74, 6) is 1.07. The van der Waals surface area contributed by atoms with Gasteiger partial charge in [0.15, 0.2) is 0 Å². The molecule has 1 aliphatic heterocycles. The quantitative estimate of drug-likeness (QED) is 0.623. The number of hydrogen-bond acceptors (Lipinski definition) is 6. The molecule has 1 aliphatic rings. The lowest BCUT2D eigenvalue weighted by Gasteiger charge is -2.14. The molecule has 27 heavy (non-hydrogen) atoms. The van der Waals surface area contributed by atoms with Crippen molar-refractivity contribution in [2.24, 2.45) is 0 Å². The minimum absolute atomic E-state index is 0.0393. The Bertz CT molecular complexity index is 922. The first kappa shape index (κ1) is 17.7. The number of benzene rings is 1. The van der Waals surface area contributed by atoms with Crippen LogP contribution in [0.4, 0.5) is 4.39 Å². The number of amides is 1. The van der Waals surface area contributed by atoms with E-state index in [9.17, 15) is 9.18 Å². The van der Waals surface area contributed by atoms with Gasteiger partial charge in [-0.25, -0.2) is 9.37 Å². The fourth-order valence-corrected chi connectivity index (χ4v) is 3.54. The average Bonchev–Trinajstić information content (AvgIpc) is 3.39. The van der Waals surface area contributed by atoms with Crippen molar-refractivity contribution in [3.8, 4) is 11.4 Å². The molecular formula is C19H17FN4O2S. The van der Waals surface area contributed by atoms with Crippen LogP contribution >= 0.6 is 11.8 Å². The SMILES string of the molecule is O=C(c1ccc(SCc2nc(-c3ccc(F)cc3)no2)nc1)N1CCCC1. The van der Waals surface area contributed by atoms with Crippen LogP contribution in [0, 0.1) is 5.82 Å². The van der Waals surface area contributed by atoms with E-state index >= 15 is 0 Å². The molecule has 1 saturated heterocycles. The standard InChI is InChI=1S/C19H17FN4O2S/c20-15-6-3-13(4-7-15)18-22-16(26-23-18)12-27-17-8-5-14(11-21-17)19(25)24-9-1-2-10-24/h3-8,11H,1-2,9-10,12H2. The molecule has 1 aromatic carbocycles. The summed E-state index contributed by atoms with van der Waals surface area (Å²) >= 11 is 1.44. The molecule has 0 spiro atoms. The van der Waals surface area contributed by atoms with E-state index in [0.717, 1.165) is 31.0 Å². The molecule has 0 saturated carbocycles. The number of likely N-dealkylation sites (tertiary alicyclic amines) is 1. The summed E-state index contributed by atoms with van der Waals surface area (Å²) in [7, 11) is 0. The molecule has 1 fully saturated rings. The van der Waals surface area contributed by atoms with Gasteiger partial charge in [-0.15, -0.1) is 0 Å². The number of nitrogens with zero attached hydrogens (tertiary/aromatic N) is 4. The van der Waals surface area contributed by atoms with Gasteiger partial charge in [-0.2, -0.15) is 4.98 Å². The molecule has 3 heterocycles. The number of rotatable bonds is 5. The van der Waals surface area contributed by atoms with E-state index in [-0.39, 0.29) is 11.7 Å². The van der Waals surface area contributed by atoms with Gasteiger partial charge in [0.25, 0.3) is 5.91 Å². The maximum Gasteiger partial charge on any atom is 0.255 e. The fraction of sp³-hybridized carbons (Fsp3) is 0.263. The Kier molecular flexibility index (Phi) is 5.15. The van der Waals surface area contributed by atoms with Crippen molar-refractivity contribution in [3.63, 3.8) is 0 Å². The van der Waals surface area contributed by atoms with Crippen LogP contribution < -0.4 is 0 Å². The van der Waals surface area contributed by atoms with Crippen LogP contribution in [0.2, 0.25) is 0 Å². The van der Waals surface area contributed by atoms with Crippen molar-refractivity contribution < 1.29 is 13.7 Å².